The van der Waals surface area contributed by atoms with Crippen LogP contribution in [-0.4, -0.2) is 23.1 Å². The highest BCUT2D eigenvalue weighted by Gasteiger charge is 2.45. The zero-order valence-electron chi connectivity index (χ0n) is 7.45. The van der Waals surface area contributed by atoms with Crippen LogP contribution in [0.4, 0.5) is 5.82 Å². The number of hydrogen-bond donors (Lipinski definition) is 0. The van der Waals surface area contributed by atoms with Gasteiger partial charge in [-0.15, -0.1) is 0 Å². The normalized spacial score (nSPS) is 29.1. The summed E-state index contributed by atoms with van der Waals surface area (Å²) >= 11 is 11.6. The lowest BCUT2D eigenvalue weighted by atomic mass is 10.4. The lowest BCUT2D eigenvalue weighted by molar-refractivity contribution is 0.802. The highest BCUT2D eigenvalue weighted by atomic mass is 35.5. The Balaban J connectivity index is 1.88. The Hall–Kier alpha value is -0.540. The maximum absolute atomic E-state index is 5.81. The fourth-order valence-corrected chi connectivity index (χ4v) is 2.52. The summed E-state index contributed by atoms with van der Waals surface area (Å²) in [6.07, 6.45) is 1.38. The molecular formula is C9H9Cl2N3. The monoisotopic (exact) mass is 229 g/mol. The van der Waals surface area contributed by atoms with E-state index in [0.717, 1.165) is 30.7 Å². The second-order valence-corrected chi connectivity index (χ2v) is 4.70. The lowest BCUT2D eigenvalue weighted by Gasteiger charge is -2.18. The summed E-state index contributed by atoms with van der Waals surface area (Å²) in [6.45, 7) is 2.18. The van der Waals surface area contributed by atoms with Crippen LogP contribution in [0.2, 0.25) is 10.4 Å². The largest absolute Gasteiger partial charge is 0.356 e. The molecule has 1 aromatic rings. The molecule has 2 fully saturated rings. The topological polar surface area (TPSA) is 29.0 Å². The zero-order chi connectivity index (χ0) is 9.71. The second kappa shape index (κ2) is 2.97. The molecule has 0 amide bonds. The van der Waals surface area contributed by atoms with Gasteiger partial charge in [0.05, 0.1) is 0 Å². The molecule has 0 aromatic carbocycles. The molecule has 14 heavy (non-hydrogen) atoms. The summed E-state index contributed by atoms with van der Waals surface area (Å²) in [5, 5.41) is 0.647. The molecule has 0 bridgehead atoms. The van der Waals surface area contributed by atoms with E-state index in [1.807, 2.05) is 0 Å². The van der Waals surface area contributed by atoms with Crippen molar-refractivity contribution < 1.29 is 0 Å². The average Bonchev–Trinajstić information content (AvgIpc) is 2.72. The predicted octanol–water partition coefficient (Wildman–Crippen LogP) is 2.24. The number of rotatable bonds is 1. The molecule has 1 aromatic heterocycles. The maximum Gasteiger partial charge on any atom is 0.225 e. The number of piperidine rings is 1. The summed E-state index contributed by atoms with van der Waals surface area (Å²) in [5.41, 5.74) is 0. The molecule has 5 heteroatoms. The molecule has 74 valence electrons. The number of nitrogens with zero attached hydrogens (tertiary/aromatic N) is 3. The van der Waals surface area contributed by atoms with E-state index in [-0.39, 0.29) is 5.28 Å². The Labute approximate surface area is 92.1 Å². The molecule has 1 aliphatic carbocycles. The summed E-state index contributed by atoms with van der Waals surface area (Å²) in [6, 6.07) is 1.78. The molecule has 2 aliphatic rings. The predicted molar refractivity (Wildman–Crippen MR) is 55.9 cm³/mol. The van der Waals surface area contributed by atoms with Gasteiger partial charge in [-0.25, -0.2) is 9.97 Å². The number of halogens is 2. The summed E-state index contributed by atoms with van der Waals surface area (Å²) in [5.74, 6) is 2.62. The van der Waals surface area contributed by atoms with Gasteiger partial charge < -0.3 is 4.90 Å². The van der Waals surface area contributed by atoms with Crippen molar-refractivity contribution in [1.82, 2.24) is 9.97 Å². The van der Waals surface area contributed by atoms with Gasteiger partial charge in [-0.3, -0.25) is 0 Å². The van der Waals surface area contributed by atoms with Crippen molar-refractivity contribution in [1.29, 1.82) is 0 Å². The van der Waals surface area contributed by atoms with Crippen molar-refractivity contribution in [3.8, 4) is 0 Å². The van der Waals surface area contributed by atoms with Crippen LogP contribution in [0, 0.1) is 11.8 Å². The van der Waals surface area contributed by atoms with Gasteiger partial charge >= 0.3 is 0 Å². The molecule has 2 atom stereocenters. The van der Waals surface area contributed by atoms with Crippen LogP contribution in [0.5, 0.6) is 0 Å². The van der Waals surface area contributed by atoms with Gasteiger partial charge in [-0.1, -0.05) is 11.6 Å². The zero-order valence-corrected chi connectivity index (χ0v) is 8.96. The van der Waals surface area contributed by atoms with Crippen molar-refractivity contribution in [3.05, 3.63) is 16.5 Å². The Morgan fingerprint density at radius 2 is 1.93 bits per heavy atom. The van der Waals surface area contributed by atoms with E-state index >= 15 is 0 Å². The van der Waals surface area contributed by atoms with Crippen molar-refractivity contribution in [2.24, 2.45) is 11.8 Å². The van der Waals surface area contributed by atoms with Gasteiger partial charge in [-0.05, 0) is 29.9 Å². The SMILES string of the molecule is Clc1cc(N2CC3CC3C2)nc(Cl)n1. The maximum atomic E-state index is 5.81. The number of aromatic nitrogens is 2. The summed E-state index contributed by atoms with van der Waals surface area (Å²) in [4.78, 5) is 10.2. The highest BCUT2D eigenvalue weighted by Crippen LogP contribution is 2.46. The fraction of sp³-hybridized carbons (Fsp3) is 0.556. The van der Waals surface area contributed by atoms with Gasteiger partial charge in [-0.2, -0.15) is 0 Å². The minimum Gasteiger partial charge on any atom is -0.356 e. The number of hydrogen-bond acceptors (Lipinski definition) is 3. The van der Waals surface area contributed by atoms with Crippen molar-refractivity contribution in [2.45, 2.75) is 6.42 Å². The van der Waals surface area contributed by atoms with Gasteiger partial charge in [0.25, 0.3) is 0 Å². The van der Waals surface area contributed by atoms with Gasteiger partial charge in [0.15, 0.2) is 0 Å². The van der Waals surface area contributed by atoms with Crippen molar-refractivity contribution in [2.75, 3.05) is 18.0 Å². The standard InChI is InChI=1S/C9H9Cl2N3/c10-7-2-8(13-9(11)12-7)14-3-5-1-6(5)4-14/h2,5-6H,1,3-4H2. The summed E-state index contributed by atoms with van der Waals surface area (Å²) in [7, 11) is 0. The van der Waals surface area contributed by atoms with Gasteiger partial charge in [0.1, 0.15) is 11.0 Å². The van der Waals surface area contributed by atoms with E-state index < -0.39 is 0 Å². The quantitative estimate of drug-likeness (QED) is 0.547. The molecule has 0 radical (unpaired) electrons. The molecule has 2 heterocycles. The minimum atomic E-state index is 0.230. The minimum absolute atomic E-state index is 0.230. The number of fused-ring (bicyclic) bond motifs is 1. The first-order valence-electron chi connectivity index (χ1n) is 4.67. The van der Waals surface area contributed by atoms with E-state index in [0.29, 0.717) is 5.15 Å². The highest BCUT2D eigenvalue weighted by molar-refractivity contribution is 6.32. The molecule has 2 unspecified atom stereocenters. The smallest absolute Gasteiger partial charge is 0.225 e. The van der Waals surface area contributed by atoms with Gasteiger partial charge in [0, 0.05) is 19.2 Å². The van der Waals surface area contributed by atoms with Crippen LogP contribution in [0.3, 0.4) is 0 Å². The number of anilines is 1. The van der Waals surface area contributed by atoms with Gasteiger partial charge in [0.2, 0.25) is 5.28 Å². The van der Waals surface area contributed by atoms with E-state index in [9.17, 15) is 0 Å². The average molecular weight is 230 g/mol. The Morgan fingerprint density at radius 3 is 2.57 bits per heavy atom. The third kappa shape index (κ3) is 1.44. The first-order valence-corrected chi connectivity index (χ1v) is 5.43. The first kappa shape index (κ1) is 8.74. The van der Waals surface area contributed by atoms with E-state index in [4.69, 9.17) is 23.2 Å². The van der Waals surface area contributed by atoms with Crippen LogP contribution >= 0.6 is 23.2 Å². The molecule has 1 saturated heterocycles. The molecule has 1 aliphatic heterocycles. The molecule has 0 spiro atoms. The molecule has 3 nitrogen and oxygen atoms in total. The first-order chi connectivity index (χ1) is 6.72. The van der Waals surface area contributed by atoms with Crippen LogP contribution in [0.25, 0.3) is 0 Å². The third-order valence-corrected chi connectivity index (χ3v) is 3.32. The van der Waals surface area contributed by atoms with E-state index in [1.165, 1.54) is 6.42 Å². The van der Waals surface area contributed by atoms with Crippen LogP contribution in [0.1, 0.15) is 6.42 Å². The van der Waals surface area contributed by atoms with Crippen LogP contribution in [-0.2, 0) is 0 Å². The Morgan fingerprint density at radius 1 is 1.21 bits per heavy atom. The van der Waals surface area contributed by atoms with E-state index in [1.54, 1.807) is 6.07 Å². The Bertz CT molecular complexity index is 352. The lowest BCUT2D eigenvalue weighted by Crippen LogP contribution is -2.23. The Kier molecular flexibility index (Phi) is 1.86. The molecular weight excluding hydrogens is 221 g/mol. The summed E-state index contributed by atoms with van der Waals surface area (Å²) < 4.78 is 0. The molecule has 1 saturated carbocycles. The second-order valence-electron chi connectivity index (χ2n) is 3.98. The van der Waals surface area contributed by atoms with E-state index in [2.05, 4.69) is 14.9 Å². The van der Waals surface area contributed by atoms with Crippen LogP contribution in [0.15, 0.2) is 6.07 Å². The van der Waals surface area contributed by atoms with Crippen LogP contribution < -0.4 is 4.90 Å². The molecule has 3 rings (SSSR count). The fourth-order valence-electron chi connectivity index (χ4n) is 2.13. The van der Waals surface area contributed by atoms with Crippen molar-refractivity contribution >= 4 is 29.0 Å². The van der Waals surface area contributed by atoms with Crippen molar-refractivity contribution in [3.63, 3.8) is 0 Å². The third-order valence-electron chi connectivity index (χ3n) is 2.96. The molecule has 0 N–H and O–H groups in total.